The Bertz CT molecular complexity index is 922. The molecular formula is C20H17F3N2O. The fraction of sp³-hybridized carbons (Fsp3) is 0.150. The van der Waals surface area contributed by atoms with Crippen molar-refractivity contribution in [1.29, 1.82) is 0 Å². The van der Waals surface area contributed by atoms with Gasteiger partial charge in [-0.15, -0.1) is 0 Å². The first-order valence-corrected chi connectivity index (χ1v) is 8.08. The van der Waals surface area contributed by atoms with Crippen LogP contribution in [0.25, 0.3) is 10.8 Å². The SMILES string of the molecule is O=C(Cc1ccc2ccccc2c1)Nc1ccccc1NCC(F)(F)F. The highest BCUT2D eigenvalue weighted by Crippen LogP contribution is 2.24. The topological polar surface area (TPSA) is 41.1 Å². The van der Waals surface area contributed by atoms with E-state index in [2.05, 4.69) is 10.6 Å². The molecule has 0 aliphatic carbocycles. The number of nitrogens with one attached hydrogen (secondary N) is 2. The molecule has 0 saturated heterocycles. The molecule has 3 nitrogen and oxygen atoms in total. The van der Waals surface area contributed by atoms with Gasteiger partial charge in [-0.2, -0.15) is 13.2 Å². The third kappa shape index (κ3) is 4.75. The van der Waals surface area contributed by atoms with Crippen molar-refractivity contribution >= 4 is 28.1 Å². The Labute approximate surface area is 148 Å². The summed E-state index contributed by atoms with van der Waals surface area (Å²) in [7, 11) is 0. The van der Waals surface area contributed by atoms with Crippen molar-refractivity contribution in [1.82, 2.24) is 0 Å². The molecule has 134 valence electrons. The maximum atomic E-state index is 12.4. The van der Waals surface area contributed by atoms with E-state index in [4.69, 9.17) is 0 Å². The van der Waals surface area contributed by atoms with Crippen LogP contribution in [0, 0.1) is 0 Å². The number of carbonyl (C=O) groups excluding carboxylic acids is 1. The van der Waals surface area contributed by atoms with E-state index >= 15 is 0 Å². The number of anilines is 2. The molecule has 3 aromatic rings. The summed E-state index contributed by atoms with van der Waals surface area (Å²) < 4.78 is 37.2. The molecule has 0 unspecified atom stereocenters. The Hall–Kier alpha value is -3.02. The minimum Gasteiger partial charge on any atom is -0.375 e. The number of hydrogen-bond donors (Lipinski definition) is 2. The average molecular weight is 358 g/mol. The molecule has 0 fully saturated rings. The fourth-order valence-corrected chi connectivity index (χ4v) is 2.67. The number of para-hydroxylation sites is 2. The molecule has 0 radical (unpaired) electrons. The number of benzene rings is 3. The Morgan fingerprint density at radius 1 is 0.846 bits per heavy atom. The number of carbonyl (C=O) groups is 1. The van der Waals surface area contributed by atoms with Gasteiger partial charge in [-0.3, -0.25) is 4.79 Å². The molecule has 0 heterocycles. The summed E-state index contributed by atoms with van der Waals surface area (Å²) in [6, 6.07) is 19.9. The lowest BCUT2D eigenvalue weighted by Gasteiger charge is -2.14. The summed E-state index contributed by atoms with van der Waals surface area (Å²) in [6.07, 6.45) is -4.19. The van der Waals surface area contributed by atoms with Crippen molar-refractivity contribution in [2.75, 3.05) is 17.2 Å². The van der Waals surface area contributed by atoms with Crippen LogP contribution in [0.15, 0.2) is 66.7 Å². The predicted molar refractivity (Wildman–Crippen MR) is 97.3 cm³/mol. The van der Waals surface area contributed by atoms with Crippen LogP contribution >= 0.6 is 0 Å². The van der Waals surface area contributed by atoms with Crippen LogP contribution in [-0.4, -0.2) is 18.6 Å². The lowest BCUT2D eigenvalue weighted by Crippen LogP contribution is -2.22. The zero-order valence-corrected chi connectivity index (χ0v) is 13.8. The van der Waals surface area contributed by atoms with Gasteiger partial charge in [0.15, 0.2) is 0 Å². The van der Waals surface area contributed by atoms with Crippen molar-refractivity contribution < 1.29 is 18.0 Å². The summed E-state index contributed by atoms with van der Waals surface area (Å²) in [6.45, 7) is -1.16. The van der Waals surface area contributed by atoms with Crippen molar-refractivity contribution in [3.63, 3.8) is 0 Å². The molecule has 2 N–H and O–H groups in total. The van der Waals surface area contributed by atoms with E-state index in [1.165, 1.54) is 6.07 Å². The van der Waals surface area contributed by atoms with Crippen LogP contribution in [0.2, 0.25) is 0 Å². The van der Waals surface area contributed by atoms with Crippen LogP contribution < -0.4 is 10.6 Å². The van der Waals surface area contributed by atoms with E-state index < -0.39 is 12.7 Å². The number of hydrogen-bond acceptors (Lipinski definition) is 2. The second-order valence-electron chi connectivity index (χ2n) is 5.92. The van der Waals surface area contributed by atoms with Gasteiger partial charge in [-0.05, 0) is 28.5 Å². The number of amides is 1. The molecule has 0 bridgehead atoms. The molecule has 0 spiro atoms. The van der Waals surface area contributed by atoms with Gasteiger partial charge in [-0.1, -0.05) is 54.6 Å². The van der Waals surface area contributed by atoms with Gasteiger partial charge in [-0.25, -0.2) is 0 Å². The molecule has 3 rings (SSSR count). The Morgan fingerprint density at radius 3 is 2.23 bits per heavy atom. The van der Waals surface area contributed by atoms with E-state index in [0.717, 1.165) is 16.3 Å². The van der Waals surface area contributed by atoms with E-state index in [9.17, 15) is 18.0 Å². The van der Waals surface area contributed by atoms with E-state index in [-0.39, 0.29) is 18.0 Å². The summed E-state index contributed by atoms with van der Waals surface area (Å²) >= 11 is 0. The Morgan fingerprint density at radius 2 is 1.50 bits per heavy atom. The fourth-order valence-electron chi connectivity index (χ4n) is 2.67. The molecule has 0 aliphatic heterocycles. The van der Waals surface area contributed by atoms with Crippen molar-refractivity contribution in [2.45, 2.75) is 12.6 Å². The van der Waals surface area contributed by atoms with Gasteiger partial charge in [0.2, 0.25) is 5.91 Å². The highest BCUT2D eigenvalue weighted by Gasteiger charge is 2.27. The van der Waals surface area contributed by atoms with Crippen LogP contribution in [0.4, 0.5) is 24.5 Å². The van der Waals surface area contributed by atoms with E-state index in [1.54, 1.807) is 18.2 Å². The van der Waals surface area contributed by atoms with Gasteiger partial charge in [0, 0.05) is 0 Å². The van der Waals surface area contributed by atoms with Crippen LogP contribution in [0.1, 0.15) is 5.56 Å². The lowest BCUT2D eigenvalue weighted by atomic mass is 10.0. The summed E-state index contributed by atoms with van der Waals surface area (Å²) in [5.41, 5.74) is 1.39. The number of fused-ring (bicyclic) bond motifs is 1. The summed E-state index contributed by atoms with van der Waals surface area (Å²) in [5.74, 6) is -0.290. The van der Waals surface area contributed by atoms with E-state index in [1.807, 2.05) is 42.5 Å². The van der Waals surface area contributed by atoms with Gasteiger partial charge in [0.25, 0.3) is 0 Å². The van der Waals surface area contributed by atoms with Crippen LogP contribution in [0.5, 0.6) is 0 Å². The highest BCUT2D eigenvalue weighted by atomic mass is 19.4. The smallest absolute Gasteiger partial charge is 0.375 e. The number of halogens is 3. The third-order valence-corrected chi connectivity index (χ3v) is 3.86. The van der Waals surface area contributed by atoms with Crippen molar-refractivity contribution in [3.8, 4) is 0 Å². The van der Waals surface area contributed by atoms with E-state index in [0.29, 0.717) is 5.69 Å². The zero-order chi connectivity index (χ0) is 18.6. The molecule has 0 atom stereocenters. The summed E-state index contributed by atoms with van der Waals surface area (Å²) in [5, 5.41) is 7.10. The van der Waals surface area contributed by atoms with Gasteiger partial charge in [0.05, 0.1) is 17.8 Å². The summed E-state index contributed by atoms with van der Waals surface area (Å²) in [4.78, 5) is 12.3. The van der Waals surface area contributed by atoms with Crippen LogP contribution in [-0.2, 0) is 11.2 Å². The van der Waals surface area contributed by atoms with Crippen LogP contribution in [0.3, 0.4) is 0 Å². The molecule has 0 aliphatic rings. The Kier molecular flexibility index (Phi) is 5.11. The van der Waals surface area contributed by atoms with Crippen molar-refractivity contribution in [2.24, 2.45) is 0 Å². The maximum absolute atomic E-state index is 12.4. The second kappa shape index (κ2) is 7.47. The highest BCUT2D eigenvalue weighted by molar-refractivity contribution is 5.96. The minimum absolute atomic E-state index is 0.137. The van der Waals surface area contributed by atoms with Gasteiger partial charge in [0.1, 0.15) is 6.54 Å². The second-order valence-corrected chi connectivity index (χ2v) is 5.92. The molecule has 0 saturated carbocycles. The monoisotopic (exact) mass is 358 g/mol. The molecular weight excluding hydrogens is 341 g/mol. The first-order valence-electron chi connectivity index (χ1n) is 8.08. The molecule has 1 amide bonds. The first-order chi connectivity index (χ1) is 12.4. The number of rotatable bonds is 5. The quantitative estimate of drug-likeness (QED) is 0.674. The predicted octanol–water partition coefficient (Wildman–Crippen LogP) is 5.00. The van der Waals surface area contributed by atoms with Gasteiger partial charge < -0.3 is 10.6 Å². The zero-order valence-electron chi connectivity index (χ0n) is 13.8. The molecule has 6 heteroatoms. The standard InChI is InChI=1S/C20H17F3N2O/c21-20(22,23)13-24-17-7-3-4-8-18(17)25-19(26)12-14-9-10-15-5-1-2-6-16(15)11-14/h1-11,24H,12-13H2,(H,25,26). The number of alkyl halides is 3. The average Bonchev–Trinajstić information content (AvgIpc) is 2.60. The molecule has 0 aromatic heterocycles. The maximum Gasteiger partial charge on any atom is 0.405 e. The lowest BCUT2D eigenvalue weighted by molar-refractivity contribution is -0.116. The molecule has 26 heavy (non-hydrogen) atoms. The normalized spacial score (nSPS) is 11.3. The minimum atomic E-state index is -4.33. The largest absolute Gasteiger partial charge is 0.405 e. The third-order valence-electron chi connectivity index (χ3n) is 3.86. The van der Waals surface area contributed by atoms with Crippen molar-refractivity contribution in [3.05, 3.63) is 72.3 Å². The first kappa shape index (κ1) is 17.8. The van der Waals surface area contributed by atoms with Gasteiger partial charge >= 0.3 is 6.18 Å². The molecule has 3 aromatic carbocycles. The Balaban J connectivity index is 1.69.